The first-order valence-electron chi connectivity index (χ1n) is 9.43. The highest BCUT2D eigenvalue weighted by Gasteiger charge is 2.19. The first-order valence-corrected chi connectivity index (χ1v) is 11.7. The van der Waals surface area contributed by atoms with Gasteiger partial charge in [-0.15, -0.1) is 0 Å². The SMILES string of the molecule is CCOc1ccc(S(=O)(=O)Nc2ccc(OC)c(Cl)c2)cc1NC(=O)c1cccc(Cl)c1. The van der Waals surface area contributed by atoms with Gasteiger partial charge in [-0.2, -0.15) is 0 Å². The molecule has 0 bridgehead atoms. The molecule has 0 fully saturated rings. The second-order valence-corrected chi connectivity index (χ2v) is 9.04. The number of anilines is 2. The molecule has 3 aromatic rings. The van der Waals surface area contributed by atoms with Gasteiger partial charge in [-0.25, -0.2) is 8.42 Å². The summed E-state index contributed by atoms with van der Waals surface area (Å²) in [6.45, 7) is 2.11. The number of methoxy groups -OCH3 is 1. The lowest BCUT2D eigenvalue weighted by atomic mass is 10.2. The third-order valence-electron chi connectivity index (χ3n) is 4.30. The van der Waals surface area contributed by atoms with Gasteiger partial charge in [0.25, 0.3) is 15.9 Å². The zero-order chi connectivity index (χ0) is 23.3. The Morgan fingerprint density at radius 1 is 1.00 bits per heavy atom. The number of carbonyl (C=O) groups is 1. The van der Waals surface area contributed by atoms with Crippen LogP contribution in [0.4, 0.5) is 11.4 Å². The fourth-order valence-electron chi connectivity index (χ4n) is 2.82. The van der Waals surface area contributed by atoms with Crippen molar-refractivity contribution in [1.29, 1.82) is 0 Å². The summed E-state index contributed by atoms with van der Waals surface area (Å²) in [5.74, 6) is 0.286. The molecule has 0 heterocycles. The molecule has 3 aromatic carbocycles. The number of nitrogens with one attached hydrogen (secondary N) is 2. The van der Waals surface area contributed by atoms with Crippen molar-refractivity contribution in [1.82, 2.24) is 0 Å². The van der Waals surface area contributed by atoms with Crippen LogP contribution >= 0.6 is 23.2 Å². The van der Waals surface area contributed by atoms with E-state index in [1.54, 1.807) is 31.2 Å². The maximum absolute atomic E-state index is 12.9. The van der Waals surface area contributed by atoms with Crippen LogP contribution in [0, 0.1) is 0 Å². The topological polar surface area (TPSA) is 93.7 Å². The number of halogens is 2. The highest BCUT2D eigenvalue weighted by molar-refractivity contribution is 7.92. The van der Waals surface area contributed by atoms with Crippen molar-refractivity contribution in [3.8, 4) is 11.5 Å². The van der Waals surface area contributed by atoms with Crippen LogP contribution in [0.3, 0.4) is 0 Å². The molecule has 0 saturated carbocycles. The Kier molecular flexibility index (Phi) is 7.50. The van der Waals surface area contributed by atoms with Crippen molar-refractivity contribution in [3.05, 3.63) is 76.3 Å². The molecule has 32 heavy (non-hydrogen) atoms. The first kappa shape index (κ1) is 23.7. The number of benzene rings is 3. The van der Waals surface area contributed by atoms with Crippen LogP contribution in [0.5, 0.6) is 11.5 Å². The minimum absolute atomic E-state index is 0.0747. The Hall–Kier alpha value is -2.94. The maximum Gasteiger partial charge on any atom is 0.261 e. The lowest BCUT2D eigenvalue weighted by Gasteiger charge is -2.15. The molecule has 2 N–H and O–H groups in total. The monoisotopic (exact) mass is 494 g/mol. The van der Waals surface area contributed by atoms with E-state index in [9.17, 15) is 13.2 Å². The van der Waals surface area contributed by atoms with Gasteiger partial charge in [-0.05, 0) is 61.5 Å². The second kappa shape index (κ2) is 10.1. The zero-order valence-electron chi connectivity index (χ0n) is 17.2. The van der Waals surface area contributed by atoms with Crippen molar-refractivity contribution in [2.24, 2.45) is 0 Å². The number of hydrogen-bond acceptors (Lipinski definition) is 5. The quantitative estimate of drug-likeness (QED) is 0.433. The lowest BCUT2D eigenvalue weighted by Crippen LogP contribution is -2.16. The van der Waals surface area contributed by atoms with Crippen LogP contribution in [0.15, 0.2) is 65.6 Å². The molecule has 168 valence electrons. The minimum Gasteiger partial charge on any atom is -0.495 e. The van der Waals surface area contributed by atoms with Gasteiger partial charge in [0.15, 0.2) is 0 Å². The summed E-state index contributed by atoms with van der Waals surface area (Å²) >= 11 is 12.0. The predicted molar refractivity (Wildman–Crippen MR) is 126 cm³/mol. The summed E-state index contributed by atoms with van der Waals surface area (Å²) in [4.78, 5) is 12.6. The van der Waals surface area contributed by atoms with Gasteiger partial charge >= 0.3 is 0 Å². The van der Waals surface area contributed by atoms with E-state index in [1.165, 1.54) is 43.5 Å². The number of carbonyl (C=O) groups excluding carboxylic acids is 1. The Morgan fingerprint density at radius 2 is 1.75 bits per heavy atom. The van der Waals surface area contributed by atoms with Crippen LogP contribution in [0.1, 0.15) is 17.3 Å². The molecule has 0 aromatic heterocycles. The van der Waals surface area contributed by atoms with Crippen LogP contribution in [0.25, 0.3) is 0 Å². The van der Waals surface area contributed by atoms with Crippen LogP contribution < -0.4 is 19.5 Å². The third-order valence-corrected chi connectivity index (χ3v) is 6.21. The van der Waals surface area contributed by atoms with Crippen molar-refractivity contribution in [3.63, 3.8) is 0 Å². The normalized spacial score (nSPS) is 11.0. The van der Waals surface area contributed by atoms with E-state index in [0.717, 1.165) is 0 Å². The van der Waals surface area contributed by atoms with Crippen molar-refractivity contribution in [2.75, 3.05) is 23.8 Å². The molecule has 1 amide bonds. The molecule has 0 aliphatic rings. The molecule has 0 spiro atoms. The average Bonchev–Trinajstić information content (AvgIpc) is 2.75. The van der Waals surface area contributed by atoms with Crippen molar-refractivity contribution < 1.29 is 22.7 Å². The molecule has 0 unspecified atom stereocenters. The second-order valence-electron chi connectivity index (χ2n) is 6.51. The fourth-order valence-corrected chi connectivity index (χ4v) is 4.35. The Bertz CT molecular complexity index is 1250. The molecule has 7 nitrogen and oxygen atoms in total. The molecule has 0 saturated heterocycles. The Morgan fingerprint density at radius 3 is 2.41 bits per heavy atom. The molecule has 3 rings (SSSR count). The van der Waals surface area contributed by atoms with E-state index in [-0.39, 0.29) is 21.3 Å². The fraction of sp³-hybridized carbons (Fsp3) is 0.136. The van der Waals surface area contributed by atoms with E-state index in [1.807, 2.05) is 0 Å². The number of sulfonamides is 1. The van der Waals surface area contributed by atoms with Gasteiger partial charge in [-0.1, -0.05) is 29.3 Å². The molecule has 0 radical (unpaired) electrons. The van der Waals surface area contributed by atoms with Crippen molar-refractivity contribution in [2.45, 2.75) is 11.8 Å². The lowest BCUT2D eigenvalue weighted by molar-refractivity contribution is 0.102. The number of hydrogen-bond donors (Lipinski definition) is 2. The molecule has 0 atom stereocenters. The first-order chi connectivity index (χ1) is 15.2. The van der Waals surface area contributed by atoms with E-state index >= 15 is 0 Å². The summed E-state index contributed by atoms with van der Waals surface area (Å²) in [7, 11) is -2.53. The van der Waals surface area contributed by atoms with E-state index in [4.69, 9.17) is 32.7 Å². The summed E-state index contributed by atoms with van der Waals surface area (Å²) < 4.78 is 38.9. The van der Waals surface area contributed by atoms with Crippen LogP contribution in [-0.4, -0.2) is 28.0 Å². The standard InChI is InChI=1S/C22H20Cl2N2O5S/c1-3-31-21-10-8-17(13-19(21)25-22(27)14-5-4-6-15(23)11-14)32(28,29)26-16-7-9-20(30-2)18(24)12-16/h4-13,26H,3H2,1-2H3,(H,25,27). The number of rotatable bonds is 8. The predicted octanol–water partition coefficient (Wildman–Crippen LogP) is 5.45. The highest BCUT2D eigenvalue weighted by atomic mass is 35.5. The summed E-state index contributed by atoms with van der Waals surface area (Å²) in [6.07, 6.45) is 0. The third kappa shape index (κ3) is 5.64. The average molecular weight is 495 g/mol. The molecular weight excluding hydrogens is 475 g/mol. The summed E-state index contributed by atoms with van der Waals surface area (Å²) in [5, 5.41) is 3.35. The van der Waals surface area contributed by atoms with Gasteiger partial charge in [0.1, 0.15) is 11.5 Å². The number of ether oxygens (including phenoxy) is 2. The largest absolute Gasteiger partial charge is 0.495 e. The summed E-state index contributed by atoms with van der Waals surface area (Å²) in [5.41, 5.74) is 0.779. The smallest absolute Gasteiger partial charge is 0.261 e. The molecule has 0 aliphatic carbocycles. The van der Waals surface area contributed by atoms with E-state index < -0.39 is 15.9 Å². The Labute approximate surface area is 196 Å². The van der Waals surface area contributed by atoms with E-state index in [0.29, 0.717) is 28.7 Å². The summed E-state index contributed by atoms with van der Waals surface area (Å²) in [6, 6.07) is 15.1. The minimum atomic E-state index is -3.99. The van der Waals surface area contributed by atoms with Gasteiger partial charge in [0, 0.05) is 10.6 Å². The van der Waals surface area contributed by atoms with Gasteiger partial charge in [-0.3, -0.25) is 9.52 Å². The molecular formula is C22H20Cl2N2O5S. The van der Waals surface area contributed by atoms with Gasteiger partial charge in [0.05, 0.1) is 35.0 Å². The van der Waals surface area contributed by atoms with Gasteiger partial charge < -0.3 is 14.8 Å². The molecule has 0 aliphatic heterocycles. The van der Waals surface area contributed by atoms with Crippen molar-refractivity contribution >= 4 is 50.5 Å². The number of amides is 1. The highest BCUT2D eigenvalue weighted by Crippen LogP contribution is 2.31. The van der Waals surface area contributed by atoms with Crippen LogP contribution in [0.2, 0.25) is 10.0 Å². The van der Waals surface area contributed by atoms with E-state index in [2.05, 4.69) is 10.0 Å². The zero-order valence-corrected chi connectivity index (χ0v) is 19.5. The van der Waals surface area contributed by atoms with Gasteiger partial charge in [0.2, 0.25) is 0 Å². The van der Waals surface area contributed by atoms with Crippen LogP contribution in [-0.2, 0) is 10.0 Å². The maximum atomic E-state index is 12.9. The Balaban J connectivity index is 1.91. The molecule has 10 heteroatoms.